The Morgan fingerprint density at radius 3 is 0.689 bits per heavy atom. The predicted octanol–water partition coefficient (Wildman–Crippen LogP) is 0.862. The molecule has 0 saturated carbocycles. The maximum absolute atomic E-state index is 11.6. The van der Waals surface area contributed by atoms with E-state index in [4.69, 9.17) is 111 Å². The van der Waals surface area contributed by atoms with Gasteiger partial charge in [-0.15, -0.1) is 6.42 Å². The van der Waals surface area contributed by atoms with Crippen LogP contribution in [0.2, 0.25) is 0 Å². The number of amides is 1. The zero-order valence-electron chi connectivity index (χ0n) is 52.7. The van der Waals surface area contributed by atoms with E-state index in [0.717, 1.165) is 0 Å². The summed E-state index contributed by atoms with van der Waals surface area (Å²) in [5.74, 6) is 38.9. The molecule has 25 nitrogen and oxygen atoms in total. The molecule has 502 valence electrons. The molecule has 0 aromatic carbocycles. The van der Waals surface area contributed by atoms with E-state index in [1.165, 1.54) is 0 Å². The lowest BCUT2D eigenvalue weighted by Gasteiger charge is -2.10. The molecule has 90 heavy (non-hydrogen) atoms. The number of hydrogen-bond acceptors (Lipinski definition) is 24. The minimum absolute atomic E-state index is 0.0923. The highest BCUT2D eigenvalue weighted by atomic mass is 16.6. The molecule has 0 bridgehead atoms. The Hall–Kier alpha value is -6.18. The van der Waals surface area contributed by atoms with Crippen LogP contribution in [0.1, 0.15) is 13.8 Å². The third kappa shape index (κ3) is 76.1. The van der Waals surface area contributed by atoms with Crippen LogP contribution < -0.4 is 5.32 Å². The minimum atomic E-state index is -0.601. The number of esters is 1. The van der Waals surface area contributed by atoms with Crippen molar-refractivity contribution in [2.24, 2.45) is 5.92 Å². The molecule has 0 rings (SSSR count). The zero-order valence-corrected chi connectivity index (χ0v) is 52.7. The summed E-state index contributed by atoms with van der Waals surface area (Å²) in [6.45, 7) is 21.1. The van der Waals surface area contributed by atoms with Crippen molar-refractivity contribution in [3.8, 4) is 107 Å². The second kappa shape index (κ2) is 77.1. The fourth-order valence-electron chi connectivity index (χ4n) is 5.43. The third-order valence-electron chi connectivity index (χ3n) is 9.64. The largest absolute Gasteiger partial charge is 0.464 e. The number of rotatable bonds is 64. The van der Waals surface area contributed by atoms with E-state index in [1.807, 2.05) is 0 Å². The molecule has 0 heterocycles. The number of nitrogens with one attached hydrogen (secondary N) is 1. The summed E-state index contributed by atoms with van der Waals surface area (Å²) in [5, 5.41) is 2.49. The smallest absolute Gasteiger partial charge is 0.407 e. The van der Waals surface area contributed by atoms with Gasteiger partial charge in [0.05, 0.1) is 264 Å². The first-order valence-corrected chi connectivity index (χ1v) is 29.7. The van der Waals surface area contributed by atoms with Gasteiger partial charge < -0.3 is 110 Å². The molecule has 1 amide bonds. The summed E-state index contributed by atoms with van der Waals surface area (Å²) in [5.41, 5.74) is 0. The first-order valence-electron chi connectivity index (χ1n) is 29.7. The average Bonchev–Trinajstić information content (AvgIpc) is 3.55. The van der Waals surface area contributed by atoms with E-state index in [2.05, 4.69) is 106 Å². The topological polar surface area (TPSA) is 249 Å². The fraction of sp³-hybridized carbons (Fsp3) is 0.692. The number of hydrogen-bond donors (Lipinski definition) is 1. The van der Waals surface area contributed by atoms with Gasteiger partial charge in [0.1, 0.15) is 25.9 Å². The standard InChI is InChI=1S/C65H93NO24/c1-4-5-6-7-8-9-10-11-12-13-14-15-16-17-18-19-21-69-23-24-70-25-26-71-27-28-72-29-30-73-31-32-74-33-34-75-35-36-76-37-38-77-39-40-78-41-42-79-43-44-80-45-46-81-47-48-82-49-50-83-51-52-84-53-54-85-55-56-86-57-58-87-59-60-88-61-62-90-65(68)66-20-22-89-64(67)63(2)3/h1,63H,20,22-62H2,2-3H3,(H,66,68). The summed E-state index contributed by atoms with van der Waals surface area (Å²) in [4.78, 5) is 22.9. The number of carbonyl (C=O) groups is 2. The van der Waals surface area contributed by atoms with Crippen LogP contribution in [0, 0.1) is 113 Å². The maximum Gasteiger partial charge on any atom is 0.407 e. The van der Waals surface area contributed by atoms with E-state index >= 15 is 0 Å². The molecule has 0 aromatic rings. The molecule has 0 unspecified atom stereocenters. The van der Waals surface area contributed by atoms with Crippen molar-refractivity contribution in [1.82, 2.24) is 5.32 Å². The second-order valence-electron chi connectivity index (χ2n) is 17.0. The molecule has 0 aliphatic carbocycles. The molecule has 0 radical (unpaired) electrons. The zero-order chi connectivity index (χ0) is 64.7. The average molecular weight is 1270 g/mol. The van der Waals surface area contributed by atoms with Crippen molar-refractivity contribution >= 4 is 12.1 Å². The molecule has 0 aromatic heterocycles. The molecule has 0 atom stereocenters. The Bertz CT molecular complexity index is 2260. The van der Waals surface area contributed by atoms with Crippen molar-refractivity contribution in [2.45, 2.75) is 13.8 Å². The van der Waals surface area contributed by atoms with Crippen LogP contribution in [-0.4, -0.2) is 289 Å². The maximum atomic E-state index is 11.6. The molecule has 0 saturated heterocycles. The SMILES string of the molecule is C#CC#CC#CC#CC#CC#CC#CC#CC#COCCOCCOCCOCCOCCOCCOCCOCCOCCOCCOCCOCCOCCOCCOCCOCCOCCOCCOCCOCCOC(=O)NCCOC(=O)C(C)C. The Labute approximate surface area is 533 Å². The number of ether oxygens (including phenoxy) is 22. The lowest BCUT2D eigenvalue weighted by Crippen LogP contribution is -2.30. The highest BCUT2D eigenvalue weighted by molar-refractivity contribution is 5.71. The number of terminal acetylenes is 1. The van der Waals surface area contributed by atoms with Crippen molar-refractivity contribution in [1.29, 1.82) is 0 Å². The van der Waals surface area contributed by atoms with Gasteiger partial charge in [-0.1, -0.05) is 13.8 Å². The molecule has 0 spiro atoms. The van der Waals surface area contributed by atoms with Gasteiger partial charge in [-0.3, -0.25) is 4.79 Å². The number of carbonyl (C=O) groups excluding carboxylic acids is 2. The minimum Gasteiger partial charge on any atom is -0.464 e. The van der Waals surface area contributed by atoms with Gasteiger partial charge >= 0.3 is 12.1 Å². The molecular formula is C65H93NO24. The Morgan fingerprint density at radius 2 is 0.467 bits per heavy atom. The first-order chi connectivity index (χ1) is 44.6. The van der Waals surface area contributed by atoms with Gasteiger partial charge in [0, 0.05) is 47.4 Å². The first kappa shape index (κ1) is 83.8. The molecule has 0 aliphatic heterocycles. The lowest BCUT2D eigenvalue weighted by atomic mass is 10.2. The van der Waals surface area contributed by atoms with Gasteiger partial charge in [-0.2, -0.15) is 0 Å². The summed E-state index contributed by atoms with van der Waals surface area (Å²) >= 11 is 0. The molecular weight excluding hydrogens is 1180 g/mol. The quantitative estimate of drug-likeness (QED) is 0.0504. The Balaban J connectivity index is 3.21. The Morgan fingerprint density at radius 1 is 0.267 bits per heavy atom. The van der Waals surface area contributed by atoms with Crippen LogP contribution in [0.3, 0.4) is 0 Å². The molecule has 0 fully saturated rings. The summed E-state index contributed by atoms with van der Waals surface area (Å²) < 4.78 is 119. The van der Waals surface area contributed by atoms with E-state index in [9.17, 15) is 9.59 Å². The van der Waals surface area contributed by atoms with Gasteiger partial charge in [0.2, 0.25) is 0 Å². The van der Waals surface area contributed by atoms with Crippen molar-refractivity contribution < 1.29 is 114 Å². The van der Waals surface area contributed by atoms with Crippen molar-refractivity contribution in [2.75, 3.05) is 277 Å². The summed E-state index contributed by atoms with van der Waals surface area (Å²) in [6.07, 6.45) is 6.81. The Kier molecular flexibility index (Phi) is 71.8. The van der Waals surface area contributed by atoms with E-state index < -0.39 is 6.09 Å². The van der Waals surface area contributed by atoms with Gasteiger partial charge in [-0.05, 0) is 47.4 Å². The highest BCUT2D eigenvalue weighted by Crippen LogP contribution is 1.95. The van der Waals surface area contributed by atoms with Crippen LogP contribution in [-0.2, 0) is 109 Å². The molecule has 25 heteroatoms. The van der Waals surface area contributed by atoms with Crippen molar-refractivity contribution in [3.63, 3.8) is 0 Å². The van der Waals surface area contributed by atoms with E-state index in [1.54, 1.807) is 13.8 Å². The monoisotopic (exact) mass is 1270 g/mol. The van der Waals surface area contributed by atoms with E-state index in [0.29, 0.717) is 251 Å². The summed E-state index contributed by atoms with van der Waals surface area (Å²) in [7, 11) is 0. The van der Waals surface area contributed by atoms with Crippen LogP contribution >= 0.6 is 0 Å². The molecule has 0 aliphatic rings. The normalized spacial score (nSPS) is 10.1. The van der Waals surface area contributed by atoms with Crippen LogP contribution in [0.25, 0.3) is 0 Å². The van der Waals surface area contributed by atoms with Gasteiger partial charge in [0.25, 0.3) is 0 Å². The summed E-state index contributed by atoms with van der Waals surface area (Å²) in [6, 6.07) is 0. The number of alkyl carbamates (subject to hydrolysis) is 1. The predicted molar refractivity (Wildman–Crippen MR) is 328 cm³/mol. The lowest BCUT2D eigenvalue weighted by molar-refractivity contribution is -0.147. The second-order valence-corrected chi connectivity index (χ2v) is 17.0. The van der Waals surface area contributed by atoms with Crippen LogP contribution in [0.5, 0.6) is 0 Å². The van der Waals surface area contributed by atoms with Gasteiger partial charge in [0.15, 0.2) is 0 Å². The highest BCUT2D eigenvalue weighted by Gasteiger charge is 2.08. The molecule has 1 N–H and O–H groups in total. The third-order valence-corrected chi connectivity index (χ3v) is 9.64. The van der Waals surface area contributed by atoms with Crippen LogP contribution in [0.15, 0.2) is 0 Å². The fourth-order valence-corrected chi connectivity index (χ4v) is 5.43. The van der Waals surface area contributed by atoms with Gasteiger partial charge in [-0.25, -0.2) is 4.79 Å². The van der Waals surface area contributed by atoms with Crippen molar-refractivity contribution in [3.05, 3.63) is 0 Å². The van der Waals surface area contributed by atoms with E-state index in [-0.39, 0.29) is 38.3 Å². The van der Waals surface area contributed by atoms with Crippen LogP contribution in [0.4, 0.5) is 4.79 Å².